The molecule has 0 bridgehead atoms. The Morgan fingerprint density at radius 2 is 2.09 bits per heavy atom. The molecule has 11 heteroatoms. The fraction of sp³-hybridized carbons (Fsp3) is 0.190. The van der Waals surface area contributed by atoms with E-state index in [9.17, 15) is 14.0 Å². The highest BCUT2D eigenvalue weighted by Crippen LogP contribution is 2.34. The third kappa shape index (κ3) is 3.84. The molecule has 0 fully saturated rings. The van der Waals surface area contributed by atoms with Crippen LogP contribution in [-0.2, 0) is 4.79 Å². The third-order valence-corrected chi connectivity index (χ3v) is 6.94. The van der Waals surface area contributed by atoms with Gasteiger partial charge in [-0.15, -0.1) is 21.5 Å². The van der Waals surface area contributed by atoms with Crippen molar-refractivity contribution in [3.8, 4) is 0 Å². The molecule has 1 aliphatic heterocycles. The molecule has 4 aromatic rings. The van der Waals surface area contributed by atoms with Gasteiger partial charge in [0.15, 0.2) is 5.16 Å². The molecule has 0 saturated carbocycles. The number of aromatic amines is 1. The lowest BCUT2D eigenvalue weighted by molar-refractivity contribution is -0.130. The molecule has 1 aromatic carbocycles. The fourth-order valence-corrected chi connectivity index (χ4v) is 5.20. The van der Waals surface area contributed by atoms with Crippen LogP contribution in [-0.4, -0.2) is 42.0 Å². The molecule has 8 nitrogen and oxygen atoms in total. The molecule has 4 heterocycles. The number of amides is 1. The van der Waals surface area contributed by atoms with E-state index in [1.165, 1.54) is 35.0 Å². The van der Waals surface area contributed by atoms with E-state index >= 15 is 0 Å². The van der Waals surface area contributed by atoms with Gasteiger partial charge in [-0.3, -0.25) is 19.0 Å². The number of halogens is 1. The summed E-state index contributed by atoms with van der Waals surface area (Å²) in [5.74, 6) is -0.118. The number of rotatable bonds is 5. The zero-order chi connectivity index (χ0) is 22.2. The monoisotopic (exact) mass is 468 g/mol. The molecule has 1 amide bonds. The second kappa shape index (κ2) is 8.32. The molecule has 0 radical (unpaired) electrons. The highest BCUT2D eigenvalue weighted by atomic mass is 32.2. The standard InChI is InChI=1S/C21H17FN6O2S2/c1-12-9-18(29)23-20-24-25-21(27(12)20)32-11-19(30)28-16(13-4-6-14(22)7-5-13)10-15(26-28)17-3-2-8-31-17/h2-9,16H,10-11H2,1H3,(H,23,24,29). The molecule has 32 heavy (non-hydrogen) atoms. The van der Waals surface area contributed by atoms with Crippen LogP contribution in [0.1, 0.15) is 28.6 Å². The van der Waals surface area contributed by atoms with Crippen LogP contribution in [0.5, 0.6) is 0 Å². The molecule has 3 aromatic heterocycles. The predicted octanol–water partition coefficient (Wildman–Crippen LogP) is 3.40. The van der Waals surface area contributed by atoms with E-state index in [2.05, 4.69) is 20.3 Å². The Morgan fingerprint density at radius 1 is 1.28 bits per heavy atom. The first-order valence-electron chi connectivity index (χ1n) is 9.76. The molecule has 1 unspecified atom stereocenters. The number of aromatic nitrogens is 4. The molecule has 0 saturated heterocycles. The number of carbonyl (C=O) groups is 1. The average molecular weight is 469 g/mol. The smallest absolute Gasteiger partial charge is 0.253 e. The zero-order valence-electron chi connectivity index (χ0n) is 16.9. The summed E-state index contributed by atoms with van der Waals surface area (Å²) in [4.78, 5) is 28.5. The number of hydrogen-bond donors (Lipinski definition) is 1. The van der Waals surface area contributed by atoms with Crippen LogP contribution in [0.2, 0.25) is 0 Å². The van der Waals surface area contributed by atoms with Crippen molar-refractivity contribution in [3.63, 3.8) is 0 Å². The summed E-state index contributed by atoms with van der Waals surface area (Å²) in [5, 5.41) is 16.6. The van der Waals surface area contributed by atoms with Crippen molar-refractivity contribution >= 4 is 40.5 Å². The molecule has 1 atom stereocenters. The van der Waals surface area contributed by atoms with Crippen molar-refractivity contribution < 1.29 is 9.18 Å². The summed E-state index contributed by atoms with van der Waals surface area (Å²) in [6, 6.07) is 11.2. The van der Waals surface area contributed by atoms with Crippen molar-refractivity contribution in [1.82, 2.24) is 24.6 Å². The Labute approximate surface area is 189 Å². The van der Waals surface area contributed by atoms with Crippen LogP contribution in [0.3, 0.4) is 0 Å². The third-order valence-electron chi connectivity index (χ3n) is 5.11. The second-order valence-corrected chi connectivity index (χ2v) is 9.13. The summed E-state index contributed by atoms with van der Waals surface area (Å²) in [6.07, 6.45) is 0.552. The number of fused-ring (bicyclic) bond motifs is 1. The van der Waals surface area contributed by atoms with Crippen LogP contribution in [0.4, 0.5) is 4.39 Å². The number of nitrogens with one attached hydrogen (secondary N) is 1. The lowest BCUT2D eigenvalue weighted by Crippen LogP contribution is -2.28. The van der Waals surface area contributed by atoms with E-state index in [0.29, 0.717) is 23.0 Å². The maximum atomic E-state index is 13.4. The van der Waals surface area contributed by atoms with Crippen molar-refractivity contribution in [2.45, 2.75) is 24.5 Å². The first kappa shape index (κ1) is 20.6. The molecule has 0 spiro atoms. The van der Waals surface area contributed by atoms with E-state index in [1.807, 2.05) is 17.5 Å². The van der Waals surface area contributed by atoms with E-state index in [4.69, 9.17) is 0 Å². The number of carbonyl (C=O) groups excluding carboxylic acids is 1. The van der Waals surface area contributed by atoms with Gasteiger partial charge in [0, 0.05) is 18.2 Å². The number of aryl methyl sites for hydroxylation is 1. The van der Waals surface area contributed by atoms with E-state index in [-0.39, 0.29) is 29.1 Å². The fourth-order valence-electron chi connectivity index (χ4n) is 3.63. The van der Waals surface area contributed by atoms with Gasteiger partial charge in [0.25, 0.3) is 11.5 Å². The summed E-state index contributed by atoms with van der Waals surface area (Å²) in [6.45, 7) is 1.78. The Balaban J connectivity index is 1.41. The number of hydrazone groups is 1. The van der Waals surface area contributed by atoms with Gasteiger partial charge in [0.1, 0.15) is 5.82 Å². The normalized spacial score (nSPS) is 16.0. The zero-order valence-corrected chi connectivity index (χ0v) is 18.5. The minimum absolute atomic E-state index is 0.0816. The average Bonchev–Trinajstić information content (AvgIpc) is 3.51. The highest BCUT2D eigenvalue weighted by Gasteiger charge is 2.33. The number of benzene rings is 1. The van der Waals surface area contributed by atoms with Crippen LogP contribution < -0.4 is 5.56 Å². The Morgan fingerprint density at radius 3 is 2.84 bits per heavy atom. The maximum Gasteiger partial charge on any atom is 0.253 e. The summed E-state index contributed by atoms with van der Waals surface area (Å²) < 4.78 is 15.1. The molecule has 1 aliphatic rings. The Hall–Kier alpha value is -3.31. The van der Waals surface area contributed by atoms with Crippen molar-refractivity contribution in [2.24, 2.45) is 5.10 Å². The number of nitrogens with zero attached hydrogens (tertiary/aromatic N) is 5. The highest BCUT2D eigenvalue weighted by molar-refractivity contribution is 7.99. The topological polar surface area (TPSA) is 95.7 Å². The molecular weight excluding hydrogens is 451 g/mol. The Kier molecular flexibility index (Phi) is 5.35. The van der Waals surface area contributed by atoms with Gasteiger partial charge < -0.3 is 0 Å². The minimum atomic E-state index is -0.327. The largest absolute Gasteiger partial charge is 0.291 e. The van der Waals surface area contributed by atoms with Gasteiger partial charge in [0.2, 0.25) is 5.78 Å². The van der Waals surface area contributed by atoms with Crippen molar-refractivity contribution in [1.29, 1.82) is 0 Å². The van der Waals surface area contributed by atoms with Gasteiger partial charge >= 0.3 is 0 Å². The van der Waals surface area contributed by atoms with Gasteiger partial charge in [-0.05, 0) is 36.1 Å². The summed E-state index contributed by atoms with van der Waals surface area (Å²) >= 11 is 2.78. The maximum absolute atomic E-state index is 13.4. The van der Waals surface area contributed by atoms with Crippen molar-refractivity contribution in [2.75, 3.05) is 5.75 Å². The molecule has 1 N–H and O–H groups in total. The second-order valence-electron chi connectivity index (χ2n) is 7.24. The van der Waals surface area contributed by atoms with Crippen LogP contribution in [0.15, 0.2) is 62.9 Å². The van der Waals surface area contributed by atoms with Gasteiger partial charge in [-0.1, -0.05) is 30.0 Å². The predicted molar refractivity (Wildman–Crippen MR) is 121 cm³/mol. The molecule has 162 valence electrons. The summed E-state index contributed by atoms with van der Waals surface area (Å²) in [7, 11) is 0. The number of thiophene rings is 1. The van der Waals surface area contributed by atoms with E-state index in [1.54, 1.807) is 34.8 Å². The van der Waals surface area contributed by atoms with Crippen LogP contribution >= 0.6 is 23.1 Å². The quantitative estimate of drug-likeness (QED) is 0.453. The van der Waals surface area contributed by atoms with Crippen molar-refractivity contribution in [3.05, 3.63) is 80.2 Å². The van der Waals surface area contributed by atoms with Gasteiger partial charge in [-0.25, -0.2) is 9.40 Å². The lowest BCUT2D eigenvalue weighted by atomic mass is 10.0. The first-order valence-corrected chi connectivity index (χ1v) is 11.6. The first-order chi connectivity index (χ1) is 15.5. The van der Waals surface area contributed by atoms with Crippen LogP contribution in [0.25, 0.3) is 5.78 Å². The van der Waals surface area contributed by atoms with Gasteiger partial charge in [0.05, 0.1) is 22.4 Å². The van der Waals surface area contributed by atoms with Gasteiger partial charge in [-0.2, -0.15) is 5.10 Å². The molecule has 0 aliphatic carbocycles. The lowest BCUT2D eigenvalue weighted by Gasteiger charge is -2.21. The number of thioether (sulfide) groups is 1. The number of hydrogen-bond acceptors (Lipinski definition) is 7. The van der Waals surface area contributed by atoms with Crippen LogP contribution in [0, 0.1) is 12.7 Å². The Bertz CT molecular complexity index is 1380. The SMILES string of the molecule is Cc1cc(=O)[nH]c2nnc(SCC(=O)N3N=C(c4cccs4)CC3c3ccc(F)cc3)n12. The summed E-state index contributed by atoms with van der Waals surface area (Å²) in [5.41, 5.74) is 2.06. The number of H-pyrrole nitrogens is 1. The molecule has 5 rings (SSSR count). The minimum Gasteiger partial charge on any atom is -0.291 e. The molecular formula is C21H17FN6O2S2. The van der Waals surface area contributed by atoms with E-state index < -0.39 is 0 Å². The van der Waals surface area contributed by atoms with E-state index in [0.717, 1.165) is 16.2 Å².